The fourth-order valence-corrected chi connectivity index (χ4v) is 2.90. The van der Waals surface area contributed by atoms with Crippen molar-refractivity contribution >= 4 is 0 Å². The van der Waals surface area contributed by atoms with Gasteiger partial charge in [-0.3, -0.25) is 0 Å². The van der Waals surface area contributed by atoms with Crippen LogP contribution in [0.15, 0.2) is 6.33 Å². The lowest BCUT2D eigenvalue weighted by Crippen LogP contribution is -2.44. The number of aryl methyl sites for hydroxylation is 1. The highest BCUT2D eigenvalue weighted by Crippen LogP contribution is 2.20. The molecule has 2 atom stereocenters. The van der Waals surface area contributed by atoms with Gasteiger partial charge >= 0.3 is 0 Å². The van der Waals surface area contributed by atoms with Crippen LogP contribution in [0.1, 0.15) is 38.9 Å². The third-order valence-electron chi connectivity index (χ3n) is 4.18. The van der Waals surface area contributed by atoms with Crippen molar-refractivity contribution in [1.82, 2.24) is 25.0 Å². The number of likely N-dealkylation sites (tertiary alicyclic amines) is 1. The topological polar surface area (TPSA) is 46.0 Å². The van der Waals surface area contributed by atoms with Crippen molar-refractivity contribution in [2.45, 2.75) is 45.7 Å². The first kappa shape index (κ1) is 14.5. The van der Waals surface area contributed by atoms with E-state index in [9.17, 15) is 0 Å². The number of nitrogens with zero attached hydrogens (tertiary/aromatic N) is 4. The van der Waals surface area contributed by atoms with E-state index in [4.69, 9.17) is 0 Å². The molecule has 1 aliphatic rings. The average Bonchev–Trinajstić information content (AvgIpc) is 2.82. The molecule has 0 radical (unpaired) electrons. The molecule has 1 aromatic heterocycles. The van der Waals surface area contributed by atoms with E-state index in [-0.39, 0.29) is 0 Å². The maximum atomic E-state index is 4.12. The zero-order chi connectivity index (χ0) is 13.7. The van der Waals surface area contributed by atoms with Crippen molar-refractivity contribution in [3.8, 4) is 0 Å². The fourth-order valence-electron chi connectivity index (χ4n) is 2.90. The second kappa shape index (κ2) is 7.01. The molecule has 2 heterocycles. The Morgan fingerprint density at radius 2 is 2.37 bits per heavy atom. The summed E-state index contributed by atoms with van der Waals surface area (Å²) in [6, 6.07) is 0.538. The molecule has 0 aromatic carbocycles. The van der Waals surface area contributed by atoms with E-state index in [0.717, 1.165) is 18.3 Å². The average molecular weight is 265 g/mol. The van der Waals surface area contributed by atoms with Gasteiger partial charge in [0.2, 0.25) is 0 Å². The number of aromatic nitrogens is 3. The van der Waals surface area contributed by atoms with Crippen molar-refractivity contribution in [2.75, 3.05) is 19.6 Å². The minimum atomic E-state index is 0.538. The molecular formula is C14H27N5. The molecule has 108 valence electrons. The zero-order valence-corrected chi connectivity index (χ0v) is 12.5. The number of piperidine rings is 1. The number of nitrogens with one attached hydrogen (secondary N) is 1. The van der Waals surface area contributed by atoms with E-state index in [2.05, 4.69) is 34.3 Å². The van der Waals surface area contributed by atoms with Gasteiger partial charge in [0.1, 0.15) is 12.2 Å². The van der Waals surface area contributed by atoms with Crippen LogP contribution < -0.4 is 5.32 Å². The maximum Gasteiger partial charge on any atom is 0.146 e. The molecule has 1 fully saturated rings. The van der Waals surface area contributed by atoms with Gasteiger partial charge in [0.05, 0.1) is 6.54 Å². The molecule has 5 heteroatoms. The summed E-state index contributed by atoms with van der Waals surface area (Å²) in [5.74, 6) is 1.77. The first-order chi connectivity index (χ1) is 9.20. The first-order valence-corrected chi connectivity index (χ1v) is 7.49. The highest BCUT2D eigenvalue weighted by molar-refractivity contribution is 4.86. The third kappa shape index (κ3) is 4.01. The maximum absolute atomic E-state index is 4.12. The first-order valence-electron chi connectivity index (χ1n) is 7.49. The van der Waals surface area contributed by atoms with Gasteiger partial charge in [-0.2, -0.15) is 0 Å². The van der Waals surface area contributed by atoms with Crippen LogP contribution in [-0.4, -0.2) is 45.3 Å². The van der Waals surface area contributed by atoms with Crippen LogP contribution in [0, 0.1) is 5.92 Å². The van der Waals surface area contributed by atoms with Crippen LogP contribution in [0.4, 0.5) is 0 Å². The SMILES string of the molecule is CCCN1CCCC(C(C)NCc2nncn2C)C1. The number of rotatable bonds is 6. The predicted octanol–water partition coefficient (Wildman–Crippen LogP) is 1.42. The molecule has 1 aliphatic heterocycles. The minimum Gasteiger partial charge on any atom is -0.320 e. The summed E-state index contributed by atoms with van der Waals surface area (Å²) in [5, 5.41) is 11.6. The van der Waals surface area contributed by atoms with Crippen molar-refractivity contribution in [3.05, 3.63) is 12.2 Å². The molecule has 0 amide bonds. The second-order valence-corrected chi connectivity index (χ2v) is 5.73. The van der Waals surface area contributed by atoms with Crippen LogP contribution in [0.5, 0.6) is 0 Å². The fraction of sp³-hybridized carbons (Fsp3) is 0.857. The van der Waals surface area contributed by atoms with Crippen LogP contribution in [0.3, 0.4) is 0 Å². The van der Waals surface area contributed by atoms with Crippen molar-refractivity contribution in [3.63, 3.8) is 0 Å². The lowest BCUT2D eigenvalue weighted by molar-refractivity contribution is 0.150. The molecule has 2 rings (SSSR count). The molecule has 19 heavy (non-hydrogen) atoms. The van der Waals surface area contributed by atoms with Crippen LogP contribution in [-0.2, 0) is 13.6 Å². The standard InChI is InChI=1S/C14H27N5/c1-4-7-19-8-5-6-13(10-19)12(2)15-9-14-17-16-11-18(14)3/h11-13,15H,4-10H2,1-3H3. The zero-order valence-electron chi connectivity index (χ0n) is 12.5. The predicted molar refractivity (Wildman–Crippen MR) is 76.8 cm³/mol. The summed E-state index contributed by atoms with van der Waals surface area (Å²) >= 11 is 0. The molecule has 2 unspecified atom stereocenters. The highest BCUT2D eigenvalue weighted by atomic mass is 15.3. The number of hydrogen-bond donors (Lipinski definition) is 1. The molecule has 0 spiro atoms. The monoisotopic (exact) mass is 265 g/mol. The van der Waals surface area contributed by atoms with Gasteiger partial charge in [-0.1, -0.05) is 6.92 Å². The van der Waals surface area contributed by atoms with E-state index >= 15 is 0 Å². The van der Waals surface area contributed by atoms with Gasteiger partial charge in [0.15, 0.2) is 0 Å². The summed E-state index contributed by atoms with van der Waals surface area (Å²) < 4.78 is 1.98. The van der Waals surface area contributed by atoms with Crippen LogP contribution in [0.25, 0.3) is 0 Å². The van der Waals surface area contributed by atoms with Gasteiger partial charge in [-0.15, -0.1) is 10.2 Å². The van der Waals surface area contributed by atoms with Crippen molar-refractivity contribution in [2.24, 2.45) is 13.0 Å². The molecule has 1 aromatic rings. The lowest BCUT2D eigenvalue weighted by Gasteiger charge is -2.36. The lowest BCUT2D eigenvalue weighted by atomic mass is 9.91. The van der Waals surface area contributed by atoms with E-state index in [1.807, 2.05) is 11.6 Å². The van der Waals surface area contributed by atoms with Gasteiger partial charge in [-0.05, 0) is 45.2 Å². The Hall–Kier alpha value is -0.940. The van der Waals surface area contributed by atoms with Crippen LogP contribution in [0.2, 0.25) is 0 Å². The molecule has 0 bridgehead atoms. The Kier molecular flexibility index (Phi) is 5.34. The van der Waals surface area contributed by atoms with E-state index in [1.165, 1.54) is 38.9 Å². The van der Waals surface area contributed by atoms with Gasteiger partial charge in [0, 0.05) is 19.6 Å². The third-order valence-corrected chi connectivity index (χ3v) is 4.18. The second-order valence-electron chi connectivity index (χ2n) is 5.73. The Labute approximate surface area is 116 Å². The number of hydrogen-bond acceptors (Lipinski definition) is 4. The van der Waals surface area contributed by atoms with Gasteiger partial charge in [0.25, 0.3) is 0 Å². The van der Waals surface area contributed by atoms with E-state index in [1.54, 1.807) is 6.33 Å². The molecular weight excluding hydrogens is 238 g/mol. The minimum absolute atomic E-state index is 0.538. The van der Waals surface area contributed by atoms with Gasteiger partial charge < -0.3 is 14.8 Å². The van der Waals surface area contributed by atoms with Crippen molar-refractivity contribution < 1.29 is 0 Å². The Balaban J connectivity index is 1.79. The summed E-state index contributed by atoms with van der Waals surface area (Å²) in [7, 11) is 1.99. The summed E-state index contributed by atoms with van der Waals surface area (Å²) in [4.78, 5) is 2.61. The highest BCUT2D eigenvalue weighted by Gasteiger charge is 2.24. The molecule has 5 nitrogen and oxygen atoms in total. The van der Waals surface area contributed by atoms with E-state index < -0.39 is 0 Å². The molecule has 0 saturated carbocycles. The summed E-state index contributed by atoms with van der Waals surface area (Å²) in [5.41, 5.74) is 0. The molecule has 1 saturated heterocycles. The van der Waals surface area contributed by atoms with Crippen LogP contribution >= 0.6 is 0 Å². The Morgan fingerprint density at radius 1 is 1.53 bits per heavy atom. The van der Waals surface area contributed by atoms with E-state index in [0.29, 0.717) is 6.04 Å². The largest absolute Gasteiger partial charge is 0.320 e. The Bertz CT molecular complexity index is 374. The molecule has 1 N–H and O–H groups in total. The Morgan fingerprint density at radius 3 is 3.05 bits per heavy atom. The van der Waals surface area contributed by atoms with Gasteiger partial charge in [-0.25, -0.2) is 0 Å². The molecule has 0 aliphatic carbocycles. The normalized spacial score (nSPS) is 22.6. The van der Waals surface area contributed by atoms with Crippen molar-refractivity contribution in [1.29, 1.82) is 0 Å². The smallest absolute Gasteiger partial charge is 0.146 e. The quantitative estimate of drug-likeness (QED) is 0.845. The summed E-state index contributed by atoms with van der Waals surface area (Å²) in [6.07, 6.45) is 5.69. The summed E-state index contributed by atoms with van der Waals surface area (Å²) in [6.45, 7) is 9.13.